The summed E-state index contributed by atoms with van der Waals surface area (Å²) in [6, 6.07) is 14.3. The van der Waals surface area contributed by atoms with Crippen LogP contribution >= 0.6 is 11.8 Å². The minimum Gasteiger partial charge on any atom is -0.264 e. The molecule has 0 saturated heterocycles. The van der Waals surface area contributed by atoms with Crippen LogP contribution in [0.25, 0.3) is 33.4 Å². The summed E-state index contributed by atoms with van der Waals surface area (Å²) in [7, 11) is -3.87. The lowest BCUT2D eigenvalue weighted by atomic mass is 10.1. The number of benzene rings is 1. The molecule has 0 aliphatic carbocycles. The number of hydrogen-bond donors (Lipinski definition) is 0. The van der Waals surface area contributed by atoms with E-state index in [1.807, 2.05) is 31.4 Å². The van der Waals surface area contributed by atoms with E-state index in [2.05, 4.69) is 19.9 Å². The molecule has 0 fully saturated rings. The minimum atomic E-state index is -3.87. The molecule has 5 rings (SSSR count). The van der Waals surface area contributed by atoms with Crippen molar-refractivity contribution < 1.29 is 8.42 Å². The first-order chi connectivity index (χ1) is 16.0. The Morgan fingerprint density at radius 2 is 1.76 bits per heavy atom. The summed E-state index contributed by atoms with van der Waals surface area (Å²) in [5.74, 6) is 0. The lowest BCUT2D eigenvalue weighted by molar-refractivity contribution is 0.589. The first kappa shape index (κ1) is 21.3. The maximum Gasteiger partial charge on any atom is 0.269 e. The summed E-state index contributed by atoms with van der Waals surface area (Å²) in [6.45, 7) is 1.92. The second-order valence-corrected chi connectivity index (χ2v) is 10.0. The molecule has 0 N–H and O–H groups in total. The molecular weight excluding hydrogens is 454 g/mol. The maximum atomic E-state index is 13.6. The molecule has 33 heavy (non-hydrogen) atoms. The summed E-state index contributed by atoms with van der Waals surface area (Å²) >= 11 is 1.42. The predicted octanol–water partition coefficient (Wildman–Crippen LogP) is 4.82. The summed E-state index contributed by atoms with van der Waals surface area (Å²) in [6.07, 6.45) is 10.3. The SMILES string of the molecule is CSc1nccc(-c2cn(S(=O)(=O)c3ccc(C)cc3)c3ncc(-c4cccnc4)cc23)n1. The highest BCUT2D eigenvalue weighted by atomic mass is 32.2. The molecule has 0 bridgehead atoms. The molecule has 0 atom stereocenters. The van der Waals surface area contributed by atoms with Crippen molar-refractivity contribution in [2.24, 2.45) is 0 Å². The Morgan fingerprint density at radius 3 is 2.48 bits per heavy atom. The van der Waals surface area contributed by atoms with Gasteiger partial charge in [-0.2, -0.15) is 0 Å². The van der Waals surface area contributed by atoms with Crippen LogP contribution < -0.4 is 0 Å². The van der Waals surface area contributed by atoms with Crippen molar-refractivity contribution in [3.63, 3.8) is 0 Å². The van der Waals surface area contributed by atoms with Crippen LogP contribution in [0.3, 0.4) is 0 Å². The molecule has 0 spiro atoms. The number of rotatable bonds is 5. The smallest absolute Gasteiger partial charge is 0.264 e. The van der Waals surface area contributed by atoms with Crippen LogP contribution in [0.2, 0.25) is 0 Å². The number of nitrogens with zero attached hydrogens (tertiary/aromatic N) is 5. The van der Waals surface area contributed by atoms with E-state index in [1.54, 1.807) is 61.3 Å². The van der Waals surface area contributed by atoms with Gasteiger partial charge in [-0.15, -0.1) is 0 Å². The highest BCUT2D eigenvalue weighted by molar-refractivity contribution is 7.98. The number of hydrogen-bond acceptors (Lipinski definition) is 7. The first-order valence-corrected chi connectivity index (χ1v) is 12.7. The van der Waals surface area contributed by atoms with Gasteiger partial charge in [0, 0.05) is 53.1 Å². The van der Waals surface area contributed by atoms with Gasteiger partial charge in [0.05, 0.1) is 10.6 Å². The highest BCUT2D eigenvalue weighted by Gasteiger charge is 2.24. The summed E-state index contributed by atoms with van der Waals surface area (Å²) < 4.78 is 28.3. The van der Waals surface area contributed by atoms with Crippen molar-refractivity contribution in [1.82, 2.24) is 23.9 Å². The third-order valence-electron chi connectivity index (χ3n) is 5.28. The average Bonchev–Trinajstić information content (AvgIpc) is 3.25. The standard InChI is InChI=1S/C24H19N5O2S2/c1-16-5-7-19(8-6-16)33(30,31)29-15-21(22-9-11-26-24(28-22)32-2)20-12-18(14-27-23(20)29)17-4-3-10-25-13-17/h3-15H,1-2H3. The third-order valence-corrected chi connectivity index (χ3v) is 7.50. The van der Waals surface area contributed by atoms with Gasteiger partial charge in [-0.05, 0) is 43.5 Å². The summed E-state index contributed by atoms with van der Waals surface area (Å²) in [5.41, 5.74) is 4.33. The molecule has 5 aromatic rings. The minimum absolute atomic E-state index is 0.196. The predicted molar refractivity (Wildman–Crippen MR) is 130 cm³/mol. The van der Waals surface area contributed by atoms with E-state index in [9.17, 15) is 8.42 Å². The average molecular weight is 474 g/mol. The van der Waals surface area contributed by atoms with E-state index >= 15 is 0 Å². The fourth-order valence-electron chi connectivity index (χ4n) is 3.57. The van der Waals surface area contributed by atoms with Crippen LogP contribution in [0.1, 0.15) is 5.56 Å². The van der Waals surface area contributed by atoms with Gasteiger partial charge in [0.25, 0.3) is 10.0 Å². The van der Waals surface area contributed by atoms with E-state index in [4.69, 9.17) is 0 Å². The van der Waals surface area contributed by atoms with Crippen molar-refractivity contribution in [1.29, 1.82) is 0 Å². The molecule has 0 aliphatic rings. The lowest BCUT2D eigenvalue weighted by Gasteiger charge is -2.08. The zero-order valence-corrected chi connectivity index (χ0v) is 19.5. The van der Waals surface area contributed by atoms with Gasteiger partial charge >= 0.3 is 0 Å². The highest BCUT2D eigenvalue weighted by Crippen LogP contribution is 2.34. The molecule has 0 amide bonds. The maximum absolute atomic E-state index is 13.6. The molecule has 4 aromatic heterocycles. The largest absolute Gasteiger partial charge is 0.269 e. The molecule has 0 aliphatic heterocycles. The second kappa shape index (κ2) is 8.42. The molecule has 0 saturated carbocycles. The van der Waals surface area contributed by atoms with Crippen LogP contribution in [0, 0.1) is 6.92 Å². The monoisotopic (exact) mass is 473 g/mol. The quantitative estimate of drug-likeness (QED) is 0.267. The topological polar surface area (TPSA) is 90.6 Å². The Bertz CT molecular complexity index is 1560. The molecule has 9 heteroatoms. The number of thioether (sulfide) groups is 1. The number of aromatic nitrogens is 5. The van der Waals surface area contributed by atoms with Crippen molar-refractivity contribution in [2.45, 2.75) is 17.0 Å². The Hall–Kier alpha value is -3.56. The molecule has 4 heterocycles. The summed E-state index contributed by atoms with van der Waals surface area (Å²) in [5, 5.41) is 1.28. The van der Waals surface area contributed by atoms with E-state index in [1.165, 1.54) is 15.7 Å². The van der Waals surface area contributed by atoms with Crippen molar-refractivity contribution in [3.8, 4) is 22.4 Å². The molecule has 7 nitrogen and oxygen atoms in total. The van der Waals surface area contributed by atoms with Gasteiger partial charge in [0.15, 0.2) is 10.8 Å². The van der Waals surface area contributed by atoms with Crippen molar-refractivity contribution in [2.75, 3.05) is 6.26 Å². The number of pyridine rings is 2. The Labute approximate surface area is 195 Å². The van der Waals surface area contributed by atoms with Gasteiger partial charge < -0.3 is 0 Å². The van der Waals surface area contributed by atoms with Crippen molar-refractivity contribution in [3.05, 3.63) is 85.1 Å². The normalized spacial score (nSPS) is 11.7. The van der Waals surface area contributed by atoms with E-state index in [0.717, 1.165) is 16.7 Å². The second-order valence-electron chi connectivity index (χ2n) is 7.42. The Kier molecular flexibility index (Phi) is 5.43. The molecular formula is C24H19N5O2S2. The molecule has 164 valence electrons. The zero-order valence-electron chi connectivity index (χ0n) is 17.9. The van der Waals surface area contributed by atoms with Crippen LogP contribution in [-0.2, 0) is 10.0 Å². The van der Waals surface area contributed by atoms with Gasteiger partial charge in [-0.3, -0.25) is 4.98 Å². The Morgan fingerprint density at radius 1 is 0.939 bits per heavy atom. The lowest BCUT2D eigenvalue weighted by Crippen LogP contribution is -2.12. The molecule has 0 unspecified atom stereocenters. The van der Waals surface area contributed by atoms with Gasteiger partial charge in [-0.25, -0.2) is 27.3 Å². The van der Waals surface area contributed by atoms with Gasteiger partial charge in [-0.1, -0.05) is 35.5 Å². The van der Waals surface area contributed by atoms with Gasteiger partial charge in [0.2, 0.25) is 0 Å². The Balaban J connectivity index is 1.78. The fraction of sp³-hybridized carbons (Fsp3) is 0.0833. The van der Waals surface area contributed by atoms with Crippen LogP contribution in [0.15, 0.2) is 89.6 Å². The van der Waals surface area contributed by atoms with Crippen LogP contribution in [0.5, 0.6) is 0 Å². The van der Waals surface area contributed by atoms with E-state index in [0.29, 0.717) is 27.4 Å². The first-order valence-electron chi connectivity index (χ1n) is 10.1. The number of fused-ring (bicyclic) bond motifs is 1. The van der Waals surface area contributed by atoms with Crippen molar-refractivity contribution >= 4 is 32.8 Å². The fourth-order valence-corrected chi connectivity index (χ4v) is 5.25. The third kappa shape index (κ3) is 3.90. The van der Waals surface area contributed by atoms with Crippen LogP contribution in [-0.4, -0.2) is 38.6 Å². The van der Waals surface area contributed by atoms with Gasteiger partial charge in [0.1, 0.15) is 0 Å². The van der Waals surface area contributed by atoms with Crippen LogP contribution in [0.4, 0.5) is 0 Å². The molecule has 0 radical (unpaired) electrons. The van der Waals surface area contributed by atoms with E-state index in [-0.39, 0.29) is 4.90 Å². The zero-order chi connectivity index (χ0) is 23.0. The van der Waals surface area contributed by atoms with E-state index < -0.39 is 10.0 Å². The summed E-state index contributed by atoms with van der Waals surface area (Å²) in [4.78, 5) is 17.8. The number of aryl methyl sites for hydroxylation is 1. The molecule has 1 aromatic carbocycles.